The van der Waals surface area contributed by atoms with E-state index in [1.165, 1.54) is 96.3 Å². The van der Waals surface area contributed by atoms with E-state index in [9.17, 15) is 4.79 Å². The number of hydrogen-bond acceptors (Lipinski definition) is 1. The summed E-state index contributed by atoms with van der Waals surface area (Å²) >= 11 is 3.79. The van der Waals surface area contributed by atoms with Crippen LogP contribution >= 0.6 is 12.6 Å². The maximum Gasteiger partial charge on any atom is 0.185 e. The van der Waals surface area contributed by atoms with Gasteiger partial charge in [-0.05, 0) is 12.3 Å². The van der Waals surface area contributed by atoms with Gasteiger partial charge in [-0.15, -0.1) is 12.6 Å². The molecule has 0 unspecified atom stereocenters. The van der Waals surface area contributed by atoms with Crippen LogP contribution in [0.3, 0.4) is 0 Å². The first kappa shape index (κ1) is 23.0. The van der Waals surface area contributed by atoms with E-state index in [2.05, 4.69) is 26.5 Å². The van der Waals surface area contributed by atoms with E-state index in [1.54, 1.807) is 0 Å². The van der Waals surface area contributed by atoms with Crippen molar-refractivity contribution in [1.82, 2.24) is 0 Å². The van der Waals surface area contributed by atoms with E-state index in [0.717, 1.165) is 12.3 Å². The fraction of sp³-hybridized carbons (Fsp3) is 0.952. The molecule has 0 saturated carbocycles. The van der Waals surface area contributed by atoms with Crippen molar-refractivity contribution in [3.8, 4) is 0 Å². The summed E-state index contributed by atoms with van der Waals surface area (Å²) in [6.07, 6.45) is 22.7. The second kappa shape index (κ2) is 18.4. The van der Waals surface area contributed by atoms with Crippen molar-refractivity contribution < 1.29 is 4.79 Å². The van der Waals surface area contributed by atoms with E-state index >= 15 is 0 Å². The Balaban J connectivity index is 2.99. The van der Waals surface area contributed by atoms with Crippen molar-refractivity contribution in [2.45, 2.75) is 123 Å². The molecule has 0 aliphatic carbocycles. The van der Waals surface area contributed by atoms with Crippen molar-refractivity contribution >= 4 is 17.7 Å². The minimum atomic E-state index is 0.0422. The third kappa shape index (κ3) is 22.0. The summed E-state index contributed by atoms with van der Waals surface area (Å²) in [4.78, 5) is 10.7. The van der Waals surface area contributed by atoms with Crippen molar-refractivity contribution in [2.75, 3.05) is 0 Å². The van der Waals surface area contributed by atoms with Gasteiger partial charge in [-0.25, -0.2) is 0 Å². The average Bonchev–Trinajstić information content (AvgIpc) is 2.49. The summed E-state index contributed by atoms with van der Waals surface area (Å²) in [6.45, 7) is 4.65. The van der Waals surface area contributed by atoms with Crippen LogP contribution in [0.25, 0.3) is 0 Å². The molecule has 0 aromatic rings. The van der Waals surface area contributed by atoms with Gasteiger partial charge in [-0.2, -0.15) is 0 Å². The fourth-order valence-corrected chi connectivity index (χ4v) is 3.29. The number of unbranched alkanes of at least 4 members (excludes halogenated alkanes) is 14. The molecule has 0 saturated heterocycles. The molecule has 0 bridgehead atoms. The standard InChI is InChI=1S/C21H42OS/c1-20(2)18-16-14-12-10-8-6-4-3-5-7-9-11-13-15-17-19-21(22)23/h20H,3-19H2,1-2H3,(H,22,23). The molecule has 0 spiro atoms. The zero-order chi connectivity index (χ0) is 17.2. The molecule has 0 rings (SSSR count). The third-order valence-corrected chi connectivity index (χ3v) is 4.90. The summed E-state index contributed by atoms with van der Waals surface area (Å²) in [7, 11) is 0. The molecule has 0 heterocycles. The van der Waals surface area contributed by atoms with Crippen molar-refractivity contribution in [3.05, 3.63) is 0 Å². The van der Waals surface area contributed by atoms with Crippen LogP contribution in [0.15, 0.2) is 0 Å². The van der Waals surface area contributed by atoms with E-state index in [0.29, 0.717) is 6.42 Å². The van der Waals surface area contributed by atoms with Crippen molar-refractivity contribution in [3.63, 3.8) is 0 Å². The zero-order valence-corrected chi connectivity index (χ0v) is 16.8. The highest BCUT2D eigenvalue weighted by Gasteiger charge is 1.97. The van der Waals surface area contributed by atoms with Crippen LogP contribution < -0.4 is 0 Å². The molecule has 0 aromatic heterocycles. The molecular weight excluding hydrogens is 300 g/mol. The first-order valence-electron chi connectivity index (χ1n) is 10.3. The summed E-state index contributed by atoms with van der Waals surface area (Å²) < 4.78 is 0. The highest BCUT2D eigenvalue weighted by atomic mass is 32.1. The Bertz CT molecular complexity index is 250. The van der Waals surface area contributed by atoms with Gasteiger partial charge in [0.1, 0.15) is 0 Å². The summed E-state index contributed by atoms with van der Waals surface area (Å²) in [5.41, 5.74) is 0. The normalized spacial score (nSPS) is 11.3. The number of carbonyl (C=O) groups excluding carboxylic acids is 1. The Hall–Kier alpha value is 0.0200. The maximum atomic E-state index is 10.7. The Kier molecular flexibility index (Phi) is 18.4. The third-order valence-electron chi connectivity index (χ3n) is 4.67. The highest BCUT2D eigenvalue weighted by molar-refractivity contribution is 7.96. The van der Waals surface area contributed by atoms with Gasteiger partial charge in [-0.3, -0.25) is 4.79 Å². The SMILES string of the molecule is CC(C)CCCCCCCCCCCCCCCCCC(=O)S. The minimum absolute atomic E-state index is 0.0422. The molecule has 23 heavy (non-hydrogen) atoms. The van der Waals surface area contributed by atoms with Gasteiger partial charge in [0.15, 0.2) is 5.12 Å². The van der Waals surface area contributed by atoms with Crippen LogP contribution in [0.4, 0.5) is 0 Å². The number of hydrogen-bond donors (Lipinski definition) is 1. The monoisotopic (exact) mass is 342 g/mol. The topological polar surface area (TPSA) is 17.1 Å². The predicted octanol–water partition coefficient (Wildman–Crippen LogP) is 7.73. The van der Waals surface area contributed by atoms with Gasteiger partial charge in [0.25, 0.3) is 0 Å². The Morgan fingerprint density at radius 2 is 0.913 bits per heavy atom. The van der Waals surface area contributed by atoms with Crippen molar-refractivity contribution in [2.24, 2.45) is 5.92 Å². The van der Waals surface area contributed by atoms with Crippen LogP contribution in [0.2, 0.25) is 0 Å². The lowest BCUT2D eigenvalue weighted by atomic mass is 10.0. The van der Waals surface area contributed by atoms with E-state index in [1.807, 2.05) is 0 Å². The lowest BCUT2D eigenvalue weighted by molar-refractivity contribution is -0.110. The maximum absolute atomic E-state index is 10.7. The molecule has 0 aliphatic heterocycles. The predicted molar refractivity (Wildman–Crippen MR) is 107 cm³/mol. The second-order valence-electron chi connectivity index (χ2n) is 7.63. The molecule has 0 amide bonds. The molecule has 1 nitrogen and oxygen atoms in total. The van der Waals surface area contributed by atoms with E-state index in [-0.39, 0.29) is 5.12 Å². The molecule has 2 heteroatoms. The first-order valence-corrected chi connectivity index (χ1v) is 10.8. The first-order chi connectivity index (χ1) is 11.1. The number of thiol groups is 1. The summed E-state index contributed by atoms with van der Waals surface area (Å²) in [5.74, 6) is 0.882. The summed E-state index contributed by atoms with van der Waals surface area (Å²) in [5, 5.41) is 0.0422. The lowest BCUT2D eigenvalue weighted by Gasteiger charge is -2.05. The van der Waals surface area contributed by atoms with Gasteiger partial charge < -0.3 is 0 Å². The van der Waals surface area contributed by atoms with Crippen LogP contribution in [0.5, 0.6) is 0 Å². The largest absolute Gasteiger partial charge is 0.288 e. The lowest BCUT2D eigenvalue weighted by Crippen LogP contribution is -1.87. The Labute approximate surface area is 151 Å². The molecule has 0 fully saturated rings. The molecular formula is C21H42OS. The molecule has 0 atom stereocenters. The van der Waals surface area contributed by atoms with Gasteiger partial charge in [0, 0.05) is 6.42 Å². The smallest absolute Gasteiger partial charge is 0.185 e. The highest BCUT2D eigenvalue weighted by Crippen LogP contribution is 2.15. The minimum Gasteiger partial charge on any atom is -0.288 e. The van der Waals surface area contributed by atoms with Crippen molar-refractivity contribution in [1.29, 1.82) is 0 Å². The van der Waals surface area contributed by atoms with E-state index < -0.39 is 0 Å². The fourth-order valence-electron chi connectivity index (χ4n) is 3.13. The van der Waals surface area contributed by atoms with Gasteiger partial charge in [-0.1, -0.05) is 110 Å². The molecule has 138 valence electrons. The number of carbonyl (C=O) groups is 1. The summed E-state index contributed by atoms with van der Waals surface area (Å²) in [6, 6.07) is 0. The average molecular weight is 343 g/mol. The molecule has 0 N–H and O–H groups in total. The van der Waals surface area contributed by atoms with Gasteiger partial charge in [0.05, 0.1) is 0 Å². The molecule has 0 aliphatic rings. The van der Waals surface area contributed by atoms with Gasteiger partial charge in [0.2, 0.25) is 0 Å². The zero-order valence-electron chi connectivity index (χ0n) is 16.0. The van der Waals surface area contributed by atoms with Crippen LogP contribution in [-0.2, 0) is 4.79 Å². The molecule has 0 aromatic carbocycles. The molecule has 0 radical (unpaired) electrons. The van der Waals surface area contributed by atoms with Crippen LogP contribution in [0, 0.1) is 5.92 Å². The second-order valence-corrected chi connectivity index (χ2v) is 8.13. The van der Waals surface area contributed by atoms with E-state index in [4.69, 9.17) is 0 Å². The van der Waals surface area contributed by atoms with Gasteiger partial charge >= 0.3 is 0 Å². The Morgan fingerprint density at radius 1 is 0.609 bits per heavy atom. The van der Waals surface area contributed by atoms with Crippen LogP contribution in [0.1, 0.15) is 123 Å². The number of rotatable bonds is 18. The van der Waals surface area contributed by atoms with Crippen LogP contribution in [-0.4, -0.2) is 5.12 Å². The quantitative estimate of drug-likeness (QED) is 0.199. The Morgan fingerprint density at radius 3 is 1.22 bits per heavy atom.